The van der Waals surface area contributed by atoms with E-state index in [0.29, 0.717) is 0 Å². The van der Waals surface area contributed by atoms with Crippen LogP contribution in [0.1, 0.15) is 5.82 Å². The molecule has 0 bridgehead atoms. The molecule has 1 aliphatic heterocycles. The first-order valence-electron chi connectivity index (χ1n) is 10.0. The maximum absolute atomic E-state index is 5.99. The Morgan fingerprint density at radius 2 is 1.57 bits per heavy atom. The van der Waals surface area contributed by atoms with Crippen molar-refractivity contribution >= 4 is 44.7 Å². The number of thioether (sulfide) groups is 1. The first-order valence-corrected chi connectivity index (χ1v) is 11.0. The SMILES string of the molecule is c1ccc2c(c1)nc1n2-c2ccc(-c3ccc4oc5ccccc5c4c3)cc2SC1. The first-order chi connectivity index (χ1) is 14.8. The van der Waals surface area contributed by atoms with Crippen LogP contribution in [-0.4, -0.2) is 9.55 Å². The van der Waals surface area contributed by atoms with Gasteiger partial charge in [-0.3, -0.25) is 4.57 Å². The van der Waals surface area contributed by atoms with E-state index in [2.05, 4.69) is 71.3 Å². The summed E-state index contributed by atoms with van der Waals surface area (Å²) in [4.78, 5) is 6.11. The smallest absolute Gasteiger partial charge is 0.135 e. The summed E-state index contributed by atoms with van der Waals surface area (Å²) in [6.45, 7) is 0. The Hall–Kier alpha value is -3.50. The van der Waals surface area contributed by atoms with Crippen LogP contribution in [0.3, 0.4) is 0 Å². The Labute approximate surface area is 177 Å². The highest BCUT2D eigenvalue weighted by atomic mass is 32.2. The zero-order chi connectivity index (χ0) is 19.7. The minimum absolute atomic E-state index is 0.885. The van der Waals surface area contributed by atoms with E-state index < -0.39 is 0 Å². The average Bonchev–Trinajstić information content (AvgIpc) is 3.36. The van der Waals surface area contributed by atoms with Crippen molar-refractivity contribution in [3.05, 3.63) is 90.8 Å². The summed E-state index contributed by atoms with van der Waals surface area (Å²) in [6.07, 6.45) is 0. The van der Waals surface area contributed by atoms with Gasteiger partial charge in [0.15, 0.2) is 0 Å². The number of para-hydroxylation sites is 3. The average molecular weight is 404 g/mol. The first kappa shape index (κ1) is 16.3. The van der Waals surface area contributed by atoms with E-state index >= 15 is 0 Å². The van der Waals surface area contributed by atoms with Crippen molar-refractivity contribution in [3.63, 3.8) is 0 Å². The van der Waals surface area contributed by atoms with Crippen molar-refractivity contribution < 1.29 is 4.42 Å². The molecule has 6 aromatic rings. The highest BCUT2D eigenvalue weighted by molar-refractivity contribution is 7.98. The van der Waals surface area contributed by atoms with E-state index in [1.165, 1.54) is 27.2 Å². The Morgan fingerprint density at radius 3 is 2.57 bits per heavy atom. The summed E-state index contributed by atoms with van der Waals surface area (Å²) in [6, 6.07) is 29.8. The van der Waals surface area contributed by atoms with E-state index in [0.717, 1.165) is 39.0 Å². The van der Waals surface area contributed by atoms with E-state index in [9.17, 15) is 0 Å². The van der Waals surface area contributed by atoms with Crippen molar-refractivity contribution in [1.29, 1.82) is 0 Å². The summed E-state index contributed by atoms with van der Waals surface area (Å²) in [5.41, 5.74) is 7.75. The summed E-state index contributed by atoms with van der Waals surface area (Å²) < 4.78 is 8.29. The third-order valence-corrected chi connectivity index (χ3v) is 6.94. The number of fused-ring (bicyclic) bond motifs is 8. The summed E-state index contributed by atoms with van der Waals surface area (Å²) >= 11 is 1.86. The van der Waals surface area contributed by atoms with Crippen LogP contribution in [0.15, 0.2) is 94.2 Å². The Morgan fingerprint density at radius 1 is 0.767 bits per heavy atom. The van der Waals surface area contributed by atoms with Gasteiger partial charge in [-0.05, 0) is 53.6 Å². The van der Waals surface area contributed by atoms with Gasteiger partial charge in [-0.15, -0.1) is 11.8 Å². The highest BCUT2D eigenvalue weighted by Gasteiger charge is 2.21. The highest BCUT2D eigenvalue weighted by Crippen LogP contribution is 2.40. The molecule has 142 valence electrons. The molecule has 3 nitrogen and oxygen atoms in total. The molecule has 0 spiro atoms. The van der Waals surface area contributed by atoms with Gasteiger partial charge in [-0.25, -0.2) is 4.98 Å². The zero-order valence-corrected chi connectivity index (χ0v) is 16.8. The summed E-state index contributed by atoms with van der Waals surface area (Å²) in [5.74, 6) is 2.00. The number of nitrogens with zero attached hydrogens (tertiary/aromatic N) is 2. The van der Waals surface area contributed by atoms with Crippen LogP contribution in [-0.2, 0) is 5.75 Å². The van der Waals surface area contributed by atoms with Gasteiger partial charge in [-0.2, -0.15) is 0 Å². The number of aromatic nitrogens is 2. The number of rotatable bonds is 1. The molecule has 0 amide bonds. The summed E-state index contributed by atoms with van der Waals surface area (Å²) in [5, 5.41) is 2.33. The van der Waals surface area contributed by atoms with Crippen molar-refractivity contribution in [1.82, 2.24) is 9.55 Å². The molecule has 0 radical (unpaired) electrons. The second-order valence-electron chi connectivity index (χ2n) is 7.63. The monoisotopic (exact) mass is 404 g/mol. The van der Waals surface area contributed by atoms with E-state index in [-0.39, 0.29) is 0 Å². The molecule has 0 saturated carbocycles. The van der Waals surface area contributed by atoms with Crippen molar-refractivity contribution in [2.45, 2.75) is 10.6 Å². The van der Waals surface area contributed by atoms with Gasteiger partial charge >= 0.3 is 0 Å². The Bertz CT molecular complexity index is 1610. The normalized spacial score (nSPS) is 13.1. The molecule has 3 heterocycles. The zero-order valence-electron chi connectivity index (χ0n) is 16.0. The third-order valence-electron chi connectivity index (χ3n) is 5.90. The van der Waals surface area contributed by atoms with Gasteiger partial charge in [0.1, 0.15) is 17.0 Å². The number of hydrogen-bond acceptors (Lipinski definition) is 3. The van der Waals surface area contributed by atoms with Crippen LogP contribution < -0.4 is 0 Å². The maximum Gasteiger partial charge on any atom is 0.135 e. The lowest BCUT2D eigenvalue weighted by atomic mass is 10.0. The molecule has 0 aliphatic carbocycles. The molecule has 0 saturated heterocycles. The van der Waals surface area contributed by atoms with Gasteiger partial charge < -0.3 is 4.42 Å². The lowest BCUT2D eigenvalue weighted by Gasteiger charge is -2.19. The predicted molar refractivity (Wildman–Crippen MR) is 123 cm³/mol. The summed E-state index contributed by atoms with van der Waals surface area (Å²) in [7, 11) is 0. The molecule has 7 rings (SSSR count). The molecule has 30 heavy (non-hydrogen) atoms. The van der Waals surface area contributed by atoms with Gasteiger partial charge in [0.2, 0.25) is 0 Å². The molecule has 1 aliphatic rings. The topological polar surface area (TPSA) is 31.0 Å². The maximum atomic E-state index is 5.99. The molecular formula is C26H16N2OS. The predicted octanol–water partition coefficient (Wildman–Crippen LogP) is 7.20. The lowest BCUT2D eigenvalue weighted by Crippen LogP contribution is -2.06. The molecule has 2 aromatic heterocycles. The molecular weight excluding hydrogens is 388 g/mol. The fraction of sp³-hybridized carbons (Fsp3) is 0.0385. The van der Waals surface area contributed by atoms with Crippen LogP contribution in [0.25, 0.3) is 49.8 Å². The fourth-order valence-electron chi connectivity index (χ4n) is 4.48. The Balaban J connectivity index is 1.40. The van der Waals surface area contributed by atoms with Crippen molar-refractivity contribution in [2.24, 2.45) is 0 Å². The quantitative estimate of drug-likeness (QED) is 0.290. The molecule has 0 unspecified atom stereocenters. The van der Waals surface area contributed by atoms with Crippen LogP contribution in [0.5, 0.6) is 0 Å². The van der Waals surface area contributed by atoms with E-state index in [1.807, 2.05) is 30.0 Å². The van der Waals surface area contributed by atoms with Crippen molar-refractivity contribution in [3.8, 4) is 16.8 Å². The van der Waals surface area contributed by atoms with E-state index in [1.54, 1.807) is 0 Å². The van der Waals surface area contributed by atoms with Crippen LogP contribution in [0.4, 0.5) is 0 Å². The van der Waals surface area contributed by atoms with Crippen LogP contribution >= 0.6 is 11.8 Å². The molecule has 4 aromatic carbocycles. The number of imidazole rings is 1. The number of benzene rings is 4. The molecule has 0 N–H and O–H groups in total. The molecule has 0 atom stereocenters. The van der Waals surface area contributed by atoms with Gasteiger partial charge in [-0.1, -0.05) is 42.5 Å². The lowest BCUT2D eigenvalue weighted by molar-refractivity contribution is 0.669. The van der Waals surface area contributed by atoms with Crippen molar-refractivity contribution in [2.75, 3.05) is 0 Å². The number of hydrogen-bond donors (Lipinski definition) is 0. The minimum atomic E-state index is 0.885. The molecule has 4 heteroatoms. The minimum Gasteiger partial charge on any atom is -0.456 e. The largest absolute Gasteiger partial charge is 0.456 e. The van der Waals surface area contributed by atoms with Crippen LogP contribution in [0.2, 0.25) is 0 Å². The second kappa shape index (κ2) is 6.00. The van der Waals surface area contributed by atoms with Gasteiger partial charge in [0.05, 0.1) is 22.5 Å². The van der Waals surface area contributed by atoms with Crippen LogP contribution in [0, 0.1) is 0 Å². The third kappa shape index (κ3) is 2.25. The van der Waals surface area contributed by atoms with E-state index in [4.69, 9.17) is 9.40 Å². The number of furan rings is 1. The van der Waals surface area contributed by atoms with Gasteiger partial charge in [0, 0.05) is 15.7 Å². The molecule has 0 fully saturated rings. The standard InChI is InChI=1S/C26H16N2OS/c1-4-8-23-18(5-1)19-13-16(10-12-24(19)29-23)17-9-11-22-25(14-17)30-15-26-27-20-6-2-3-7-21(20)28(22)26/h1-14H,15H2. The fourth-order valence-corrected chi connectivity index (χ4v) is 5.48. The second-order valence-corrected chi connectivity index (χ2v) is 8.65. The Kier molecular flexibility index (Phi) is 3.26. The van der Waals surface area contributed by atoms with Gasteiger partial charge in [0.25, 0.3) is 0 Å².